The number of hydrogen-bond acceptors (Lipinski definition) is 5. The Balaban J connectivity index is 1.79. The molecule has 1 fully saturated rings. The summed E-state index contributed by atoms with van der Waals surface area (Å²) in [7, 11) is 0. The second kappa shape index (κ2) is 8.92. The van der Waals surface area contributed by atoms with Gasteiger partial charge in [-0.15, -0.1) is 0 Å². The smallest absolute Gasteiger partial charge is 0.410 e. The van der Waals surface area contributed by atoms with Crippen LogP contribution in [0.1, 0.15) is 51.7 Å². The van der Waals surface area contributed by atoms with E-state index in [0.717, 1.165) is 17.6 Å². The number of nitrogens with zero attached hydrogens (tertiary/aromatic N) is 1. The number of carbonyl (C=O) groups is 2. The van der Waals surface area contributed by atoms with Crippen molar-refractivity contribution in [2.75, 3.05) is 0 Å². The minimum Gasteiger partial charge on any atom is -0.479 e. The molecule has 0 radical (unpaired) electrons. The lowest BCUT2D eigenvalue weighted by Gasteiger charge is -2.35. The maximum Gasteiger partial charge on any atom is 0.410 e. The SMILES string of the molecule is CC(C)(C)OC(=O)N1[C@H](CC2=CNC(C(=O)O)C=C2)CC[C@@H]1[C@H](O)c1ccccc1. The predicted molar refractivity (Wildman–Crippen MR) is 113 cm³/mol. The number of hydrogen-bond donors (Lipinski definition) is 3. The monoisotopic (exact) mass is 414 g/mol. The first-order valence-electron chi connectivity index (χ1n) is 10.3. The molecule has 1 amide bonds. The molecule has 1 aromatic carbocycles. The molecule has 2 aliphatic heterocycles. The Kier molecular flexibility index (Phi) is 6.51. The van der Waals surface area contributed by atoms with Gasteiger partial charge in [0.05, 0.1) is 12.1 Å². The van der Waals surface area contributed by atoms with Crippen LogP contribution in [0.2, 0.25) is 0 Å². The van der Waals surface area contributed by atoms with E-state index in [4.69, 9.17) is 9.84 Å². The van der Waals surface area contributed by atoms with Crippen molar-refractivity contribution in [2.45, 2.75) is 69.9 Å². The maximum atomic E-state index is 13.1. The molecule has 4 atom stereocenters. The minimum absolute atomic E-state index is 0.151. The number of amides is 1. The van der Waals surface area contributed by atoms with Crippen molar-refractivity contribution in [3.63, 3.8) is 0 Å². The second-order valence-corrected chi connectivity index (χ2v) is 8.81. The Labute approximate surface area is 177 Å². The molecular weight excluding hydrogens is 384 g/mol. The topological polar surface area (TPSA) is 99.1 Å². The summed E-state index contributed by atoms with van der Waals surface area (Å²) in [5.41, 5.74) is 1.02. The van der Waals surface area contributed by atoms with Gasteiger partial charge in [0, 0.05) is 12.2 Å². The third-order valence-corrected chi connectivity index (χ3v) is 5.34. The van der Waals surface area contributed by atoms with E-state index >= 15 is 0 Å². The second-order valence-electron chi connectivity index (χ2n) is 8.81. The van der Waals surface area contributed by atoms with Crippen LogP contribution >= 0.6 is 0 Å². The average Bonchev–Trinajstić information content (AvgIpc) is 3.11. The molecule has 2 heterocycles. The van der Waals surface area contributed by atoms with E-state index in [0.29, 0.717) is 12.8 Å². The molecule has 0 saturated carbocycles. The fourth-order valence-corrected chi connectivity index (χ4v) is 3.97. The standard InChI is InChI=1S/C23H30N2O5/c1-23(2,3)30-22(29)25-17(13-15-9-11-18(21(27)28)24-14-15)10-12-19(25)20(26)16-7-5-4-6-8-16/h4-9,11,14,17-20,24,26H,10,12-13H2,1-3H3,(H,27,28)/t17-,18?,19+,20+/m0/s1. The molecule has 7 nitrogen and oxygen atoms in total. The Morgan fingerprint density at radius 3 is 2.50 bits per heavy atom. The van der Waals surface area contributed by atoms with E-state index in [1.165, 1.54) is 0 Å². The van der Waals surface area contributed by atoms with E-state index < -0.39 is 29.8 Å². The number of likely N-dealkylation sites (tertiary alicyclic amines) is 1. The summed E-state index contributed by atoms with van der Waals surface area (Å²) in [6.45, 7) is 5.46. The molecule has 0 aliphatic carbocycles. The molecule has 0 aromatic heterocycles. The van der Waals surface area contributed by atoms with Gasteiger partial charge in [-0.1, -0.05) is 42.5 Å². The van der Waals surface area contributed by atoms with Crippen molar-refractivity contribution in [3.05, 3.63) is 59.8 Å². The van der Waals surface area contributed by atoms with Gasteiger partial charge in [0.15, 0.2) is 0 Å². The van der Waals surface area contributed by atoms with Crippen LogP contribution in [0.25, 0.3) is 0 Å². The average molecular weight is 415 g/mol. The van der Waals surface area contributed by atoms with Crippen molar-refractivity contribution < 1.29 is 24.5 Å². The summed E-state index contributed by atoms with van der Waals surface area (Å²) in [5.74, 6) is -0.941. The summed E-state index contributed by atoms with van der Waals surface area (Å²) in [6.07, 6.45) is 5.74. The highest BCUT2D eigenvalue weighted by molar-refractivity contribution is 5.76. The number of benzene rings is 1. The fraction of sp³-hybridized carbons (Fsp3) is 0.478. The summed E-state index contributed by atoms with van der Waals surface area (Å²) in [4.78, 5) is 25.8. The van der Waals surface area contributed by atoms with Gasteiger partial charge in [-0.2, -0.15) is 0 Å². The third-order valence-electron chi connectivity index (χ3n) is 5.34. The Morgan fingerprint density at radius 2 is 1.93 bits per heavy atom. The van der Waals surface area contributed by atoms with Crippen LogP contribution in [0.5, 0.6) is 0 Å². The molecule has 1 unspecified atom stereocenters. The van der Waals surface area contributed by atoms with E-state index in [-0.39, 0.29) is 12.1 Å². The van der Waals surface area contributed by atoms with Gasteiger partial charge in [-0.25, -0.2) is 9.59 Å². The largest absolute Gasteiger partial charge is 0.479 e. The number of carbonyl (C=O) groups excluding carboxylic acids is 1. The number of aliphatic hydroxyl groups excluding tert-OH is 1. The molecule has 0 spiro atoms. The van der Waals surface area contributed by atoms with Crippen LogP contribution in [0.3, 0.4) is 0 Å². The van der Waals surface area contributed by atoms with Gasteiger partial charge < -0.3 is 20.3 Å². The van der Waals surface area contributed by atoms with Crippen LogP contribution in [0.4, 0.5) is 4.79 Å². The highest BCUT2D eigenvalue weighted by Gasteiger charge is 2.43. The van der Waals surface area contributed by atoms with Crippen molar-refractivity contribution in [1.82, 2.24) is 10.2 Å². The highest BCUT2D eigenvalue weighted by Crippen LogP contribution is 2.37. The van der Waals surface area contributed by atoms with Gasteiger partial charge in [0.2, 0.25) is 0 Å². The highest BCUT2D eigenvalue weighted by atomic mass is 16.6. The Morgan fingerprint density at radius 1 is 1.23 bits per heavy atom. The minimum atomic E-state index is -0.941. The molecular formula is C23H30N2O5. The zero-order valence-electron chi connectivity index (χ0n) is 17.6. The van der Waals surface area contributed by atoms with Gasteiger partial charge >= 0.3 is 12.1 Å². The van der Waals surface area contributed by atoms with Crippen molar-refractivity contribution in [2.24, 2.45) is 0 Å². The molecule has 2 aliphatic rings. The normalized spacial score (nSPS) is 24.7. The zero-order chi connectivity index (χ0) is 21.9. The summed E-state index contributed by atoms with van der Waals surface area (Å²) in [6, 6.07) is 8.05. The molecule has 3 N–H and O–H groups in total. The lowest BCUT2D eigenvalue weighted by atomic mass is 10.0. The Bertz CT molecular complexity index is 828. The first-order valence-corrected chi connectivity index (χ1v) is 10.3. The van der Waals surface area contributed by atoms with Gasteiger partial charge in [-0.05, 0) is 51.2 Å². The molecule has 7 heteroatoms. The summed E-state index contributed by atoms with van der Waals surface area (Å²) >= 11 is 0. The molecule has 162 valence electrons. The predicted octanol–water partition coefficient (Wildman–Crippen LogP) is 3.37. The van der Waals surface area contributed by atoms with Crippen molar-refractivity contribution in [3.8, 4) is 0 Å². The zero-order valence-corrected chi connectivity index (χ0v) is 17.6. The quantitative estimate of drug-likeness (QED) is 0.683. The number of carboxylic acids is 1. The lowest BCUT2D eigenvalue weighted by Crippen LogP contribution is -2.46. The molecule has 0 bridgehead atoms. The molecule has 30 heavy (non-hydrogen) atoms. The van der Waals surface area contributed by atoms with E-state index in [2.05, 4.69) is 5.32 Å². The van der Waals surface area contributed by atoms with Crippen LogP contribution in [-0.4, -0.2) is 50.9 Å². The number of rotatable bonds is 5. The maximum absolute atomic E-state index is 13.1. The van der Waals surface area contributed by atoms with E-state index in [9.17, 15) is 14.7 Å². The lowest BCUT2D eigenvalue weighted by molar-refractivity contribution is -0.137. The Hall–Kier alpha value is -2.80. The third kappa shape index (κ3) is 5.21. The molecule has 1 saturated heterocycles. The first-order chi connectivity index (χ1) is 14.2. The number of ether oxygens (including phenoxy) is 1. The fourth-order valence-electron chi connectivity index (χ4n) is 3.97. The number of aliphatic hydroxyl groups is 1. The summed E-state index contributed by atoms with van der Waals surface area (Å²) < 4.78 is 5.65. The van der Waals surface area contributed by atoms with E-state index in [1.54, 1.807) is 23.3 Å². The van der Waals surface area contributed by atoms with Crippen molar-refractivity contribution >= 4 is 12.1 Å². The van der Waals surface area contributed by atoms with Crippen LogP contribution in [0, 0.1) is 0 Å². The number of dihydropyridines is 1. The van der Waals surface area contributed by atoms with E-state index in [1.807, 2.05) is 51.1 Å². The first kappa shape index (κ1) is 21.9. The van der Waals surface area contributed by atoms with Gasteiger partial charge in [0.1, 0.15) is 11.6 Å². The van der Waals surface area contributed by atoms with Crippen molar-refractivity contribution in [1.29, 1.82) is 0 Å². The number of aliphatic carboxylic acids is 1. The number of allylic oxidation sites excluding steroid dienone is 1. The van der Waals surface area contributed by atoms with Gasteiger partial charge in [0.25, 0.3) is 0 Å². The number of carboxylic acid groups (broad SMARTS) is 1. The van der Waals surface area contributed by atoms with Crippen LogP contribution in [0.15, 0.2) is 54.3 Å². The number of nitrogens with one attached hydrogen (secondary N) is 1. The summed E-state index contributed by atoms with van der Waals surface area (Å²) in [5, 5.41) is 22.9. The molecule has 3 rings (SSSR count). The van der Waals surface area contributed by atoms with Crippen LogP contribution in [-0.2, 0) is 9.53 Å². The van der Waals surface area contributed by atoms with Gasteiger partial charge in [-0.3, -0.25) is 4.90 Å². The molecule has 1 aromatic rings. The van der Waals surface area contributed by atoms with Crippen LogP contribution < -0.4 is 5.32 Å².